The van der Waals surface area contributed by atoms with Gasteiger partial charge in [-0.15, -0.1) is 0 Å². The molecule has 0 saturated carbocycles. The molecule has 0 spiro atoms. The first-order valence-electron chi connectivity index (χ1n) is 7.84. The Bertz CT molecular complexity index is 1220. The van der Waals surface area contributed by atoms with Crippen molar-refractivity contribution >= 4 is 44.0 Å². The van der Waals surface area contributed by atoms with Gasteiger partial charge in [0.2, 0.25) is 5.88 Å². The highest BCUT2D eigenvalue weighted by Crippen LogP contribution is 2.34. The molecule has 1 aromatic carbocycles. The van der Waals surface area contributed by atoms with E-state index in [-0.39, 0.29) is 26.7 Å². The molecular formula is C16H13ClN4O6S. The summed E-state index contributed by atoms with van der Waals surface area (Å²) in [6.45, 7) is 2.17. The molecule has 0 atom stereocenters. The topological polar surface area (TPSA) is 134 Å². The number of aryl methyl sites for hydroxylation is 1. The molecule has 0 fully saturated rings. The first kappa shape index (κ1) is 19.7. The van der Waals surface area contributed by atoms with Crippen LogP contribution >= 0.6 is 11.6 Å². The summed E-state index contributed by atoms with van der Waals surface area (Å²) in [4.78, 5) is 27.1. The summed E-state index contributed by atoms with van der Waals surface area (Å²) in [5.41, 5.74) is -1.42. The standard InChI is InChI=1S/C16H13ClN4O6S/c1-3-20-13(4-5-19-20)27-16(22)14-11(21(23)24)7-12(28(2,25)26)10-6-9(17)8-18-15(10)14/h4-8H,3H2,1-2H3. The monoisotopic (exact) mass is 424 g/mol. The Morgan fingerprint density at radius 1 is 1.39 bits per heavy atom. The third kappa shape index (κ3) is 3.53. The minimum atomic E-state index is -3.87. The summed E-state index contributed by atoms with van der Waals surface area (Å²) in [6, 6.07) is 3.51. The molecule has 2 heterocycles. The number of benzene rings is 1. The summed E-state index contributed by atoms with van der Waals surface area (Å²) < 4.78 is 30.9. The van der Waals surface area contributed by atoms with Crippen LogP contribution in [0.15, 0.2) is 35.5 Å². The van der Waals surface area contributed by atoms with Crippen LogP contribution < -0.4 is 4.74 Å². The van der Waals surface area contributed by atoms with E-state index < -0.39 is 32.0 Å². The summed E-state index contributed by atoms with van der Waals surface area (Å²) in [7, 11) is -3.87. The van der Waals surface area contributed by atoms with Crippen molar-refractivity contribution < 1.29 is 22.9 Å². The first-order chi connectivity index (χ1) is 13.1. The highest BCUT2D eigenvalue weighted by Gasteiger charge is 2.31. The fourth-order valence-electron chi connectivity index (χ4n) is 2.66. The number of fused-ring (bicyclic) bond motifs is 1. The van der Waals surface area contributed by atoms with Crippen LogP contribution in [0.3, 0.4) is 0 Å². The highest BCUT2D eigenvalue weighted by atomic mass is 35.5. The number of nitrogens with zero attached hydrogens (tertiary/aromatic N) is 4. The van der Waals surface area contributed by atoms with E-state index in [0.29, 0.717) is 6.54 Å². The van der Waals surface area contributed by atoms with E-state index in [0.717, 1.165) is 18.5 Å². The van der Waals surface area contributed by atoms with Crippen molar-refractivity contribution in [3.05, 3.63) is 51.3 Å². The lowest BCUT2D eigenvalue weighted by molar-refractivity contribution is -0.385. The summed E-state index contributed by atoms with van der Waals surface area (Å²) in [5, 5.41) is 15.6. The Labute approximate surface area is 163 Å². The second kappa shape index (κ2) is 7.17. The van der Waals surface area contributed by atoms with Gasteiger partial charge in [0.15, 0.2) is 15.4 Å². The molecule has 0 N–H and O–H groups in total. The number of hydrogen-bond acceptors (Lipinski definition) is 8. The second-order valence-electron chi connectivity index (χ2n) is 5.72. The van der Waals surface area contributed by atoms with Crippen LogP contribution in [0.4, 0.5) is 5.69 Å². The quantitative estimate of drug-likeness (QED) is 0.346. The third-order valence-electron chi connectivity index (χ3n) is 3.86. The van der Waals surface area contributed by atoms with Crippen molar-refractivity contribution in [2.45, 2.75) is 18.4 Å². The zero-order valence-corrected chi connectivity index (χ0v) is 16.2. The van der Waals surface area contributed by atoms with Crippen LogP contribution in [0, 0.1) is 10.1 Å². The Kier molecular flexibility index (Phi) is 5.04. The number of carbonyl (C=O) groups is 1. The predicted octanol–water partition coefficient (Wildman–Crippen LogP) is 2.64. The Balaban J connectivity index is 2.31. The normalized spacial score (nSPS) is 11.5. The van der Waals surface area contributed by atoms with Crippen LogP contribution in [0.1, 0.15) is 17.3 Å². The molecule has 10 nitrogen and oxygen atoms in total. The van der Waals surface area contributed by atoms with Crippen LogP contribution in [0.5, 0.6) is 5.88 Å². The van der Waals surface area contributed by atoms with Gasteiger partial charge in [0, 0.05) is 36.5 Å². The van der Waals surface area contributed by atoms with Gasteiger partial charge in [-0.3, -0.25) is 15.1 Å². The minimum absolute atomic E-state index is 0.0171. The first-order valence-corrected chi connectivity index (χ1v) is 10.1. The lowest BCUT2D eigenvalue weighted by atomic mass is 10.1. The highest BCUT2D eigenvalue weighted by molar-refractivity contribution is 7.91. The van der Waals surface area contributed by atoms with Gasteiger partial charge in [-0.2, -0.15) is 5.10 Å². The maximum atomic E-state index is 12.8. The number of nitro groups is 1. The molecule has 0 amide bonds. The van der Waals surface area contributed by atoms with E-state index >= 15 is 0 Å². The number of halogens is 1. The van der Waals surface area contributed by atoms with Crippen LogP contribution in [-0.2, 0) is 16.4 Å². The van der Waals surface area contributed by atoms with E-state index in [1.165, 1.54) is 23.0 Å². The van der Waals surface area contributed by atoms with Crippen molar-refractivity contribution in [1.29, 1.82) is 0 Å². The average molecular weight is 425 g/mol. The zero-order chi connectivity index (χ0) is 20.6. The van der Waals surface area contributed by atoms with Crippen molar-refractivity contribution in [1.82, 2.24) is 14.8 Å². The average Bonchev–Trinajstić information content (AvgIpc) is 3.05. The molecule has 0 aliphatic heterocycles. The molecule has 2 aromatic heterocycles. The number of pyridine rings is 1. The maximum Gasteiger partial charge on any atom is 0.354 e. The lowest BCUT2D eigenvalue weighted by Gasteiger charge is -2.11. The number of sulfone groups is 1. The smallest absolute Gasteiger partial charge is 0.354 e. The second-order valence-corrected chi connectivity index (χ2v) is 8.14. The Morgan fingerprint density at radius 3 is 2.71 bits per heavy atom. The number of rotatable bonds is 5. The molecule has 28 heavy (non-hydrogen) atoms. The largest absolute Gasteiger partial charge is 0.404 e. The number of hydrogen-bond donors (Lipinski definition) is 0. The fourth-order valence-corrected chi connectivity index (χ4v) is 3.70. The molecule has 0 unspecified atom stereocenters. The molecule has 0 aliphatic rings. The van der Waals surface area contributed by atoms with Gasteiger partial charge < -0.3 is 4.74 Å². The molecule has 146 valence electrons. The number of ether oxygens (including phenoxy) is 1. The van der Waals surface area contributed by atoms with Gasteiger partial charge in [-0.25, -0.2) is 17.9 Å². The van der Waals surface area contributed by atoms with Crippen LogP contribution in [-0.4, -0.2) is 40.3 Å². The van der Waals surface area contributed by atoms with Gasteiger partial charge in [0.05, 0.1) is 26.6 Å². The van der Waals surface area contributed by atoms with E-state index in [9.17, 15) is 23.3 Å². The summed E-state index contributed by atoms with van der Waals surface area (Å²) >= 11 is 5.91. The predicted molar refractivity (Wildman–Crippen MR) is 99.4 cm³/mol. The number of aromatic nitrogens is 3. The van der Waals surface area contributed by atoms with Crippen molar-refractivity contribution in [2.24, 2.45) is 0 Å². The third-order valence-corrected chi connectivity index (χ3v) is 5.20. The number of esters is 1. The van der Waals surface area contributed by atoms with Gasteiger partial charge in [-0.1, -0.05) is 11.6 Å². The minimum Gasteiger partial charge on any atom is -0.404 e. The van der Waals surface area contributed by atoms with Crippen LogP contribution in [0.25, 0.3) is 10.9 Å². The van der Waals surface area contributed by atoms with Gasteiger partial charge in [0.1, 0.15) is 0 Å². The van der Waals surface area contributed by atoms with Crippen molar-refractivity contribution in [3.63, 3.8) is 0 Å². The maximum absolute atomic E-state index is 12.8. The molecule has 3 aromatic rings. The number of nitro benzene ring substituents is 1. The van der Waals surface area contributed by atoms with E-state index in [4.69, 9.17) is 16.3 Å². The number of carbonyl (C=O) groups excluding carboxylic acids is 1. The molecule has 0 aliphatic carbocycles. The van der Waals surface area contributed by atoms with Crippen LogP contribution in [0.2, 0.25) is 5.02 Å². The molecule has 0 saturated heterocycles. The Hall–Kier alpha value is -3.05. The van der Waals surface area contributed by atoms with E-state index in [1.54, 1.807) is 6.92 Å². The molecule has 12 heteroatoms. The molecule has 0 radical (unpaired) electrons. The molecule has 0 bridgehead atoms. The van der Waals surface area contributed by atoms with E-state index in [1.807, 2.05) is 0 Å². The lowest BCUT2D eigenvalue weighted by Crippen LogP contribution is -2.16. The van der Waals surface area contributed by atoms with Gasteiger partial charge in [0.25, 0.3) is 5.69 Å². The van der Waals surface area contributed by atoms with Crippen molar-refractivity contribution in [2.75, 3.05) is 6.26 Å². The van der Waals surface area contributed by atoms with E-state index in [2.05, 4.69) is 10.1 Å². The van der Waals surface area contributed by atoms with Gasteiger partial charge in [-0.05, 0) is 13.0 Å². The summed E-state index contributed by atoms with van der Waals surface area (Å²) in [5.74, 6) is -0.988. The Morgan fingerprint density at radius 2 is 2.11 bits per heavy atom. The summed E-state index contributed by atoms with van der Waals surface area (Å²) in [6.07, 6.45) is 3.46. The fraction of sp³-hybridized carbons (Fsp3) is 0.188. The molecule has 3 rings (SSSR count). The van der Waals surface area contributed by atoms with Gasteiger partial charge >= 0.3 is 5.97 Å². The SMILES string of the molecule is CCn1nccc1OC(=O)c1c([N+](=O)[O-])cc(S(C)(=O)=O)c2cc(Cl)cnc12. The zero-order valence-electron chi connectivity index (χ0n) is 14.6. The van der Waals surface area contributed by atoms with Crippen molar-refractivity contribution in [3.8, 4) is 5.88 Å². The molecular weight excluding hydrogens is 412 g/mol.